The average molecular weight is 255 g/mol. The summed E-state index contributed by atoms with van der Waals surface area (Å²) in [6.07, 6.45) is 3.92. The van der Waals surface area contributed by atoms with Gasteiger partial charge < -0.3 is 14.4 Å². The third kappa shape index (κ3) is 3.31. The van der Waals surface area contributed by atoms with Crippen molar-refractivity contribution in [2.75, 3.05) is 44.6 Å². The highest BCUT2D eigenvalue weighted by Crippen LogP contribution is 2.17. The summed E-state index contributed by atoms with van der Waals surface area (Å²) in [6.45, 7) is 2.92. The van der Waals surface area contributed by atoms with Crippen molar-refractivity contribution in [2.24, 2.45) is 0 Å². The zero-order chi connectivity index (χ0) is 12.1. The van der Waals surface area contributed by atoms with Crippen LogP contribution in [0.2, 0.25) is 0 Å². The minimum atomic E-state index is 0.107. The fraction of sp³-hybridized carbons (Fsp3) is 0.636. The van der Waals surface area contributed by atoms with Crippen LogP contribution in [-0.4, -0.2) is 55.7 Å². The molecule has 6 heteroatoms. The number of aromatic nitrogens is 2. The molecule has 5 nitrogen and oxygen atoms in total. The summed E-state index contributed by atoms with van der Waals surface area (Å²) in [5.41, 5.74) is 0. The van der Waals surface area contributed by atoms with Crippen LogP contribution in [0, 0.1) is 0 Å². The number of methoxy groups -OCH3 is 1. The Morgan fingerprint density at radius 1 is 1.65 bits per heavy atom. The molecule has 94 valence electrons. The molecular weight excluding hydrogens is 238 g/mol. The second kappa shape index (κ2) is 6.18. The maximum Gasteiger partial charge on any atom is 0.226 e. The SMILES string of the molecule is COCC1CN(c2nccc(SC)n2)CCO1. The normalized spacial score (nSPS) is 20.6. The van der Waals surface area contributed by atoms with Gasteiger partial charge in [-0.3, -0.25) is 0 Å². The van der Waals surface area contributed by atoms with Crippen LogP contribution in [0.3, 0.4) is 0 Å². The van der Waals surface area contributed by atoms with Gasteiger partial charge in [0.15, 0.2) is 0 Å². The van der Waals surface area contributed by atoms with Crippen molar-refractivity contribution in [2.45, 2.75) is 11.1 Å². The fourth-order valence-corrected chi connectivity index (χ4v) is 2.16. The van der Waals surface area contributed by atoms with E-state index in [1.165, 1.54) is 0 Å². The van der Waals surface area contributed by atoms with Crippen LogP contribution in [0.5, 0.6) is 0 Å². The predicted molar refractivity (Wildman–Crippen MR) is 67.6 cm³/mol. The minimum Gasteiger partial charge on any atom is -0.382 e. The molecule has 0 radical (unpaired) electrons. The van der Waals surface area contributed by atoms with Crippen molar-refractivity contribution in [3.05, 3.63) is 12.3 Å². The Hall–Kier alpha value is -0.850. The Morgan fingerprint density at radius 3 is 3.29 bits per heavy atom. The molecule has 1 aliphatic heterocycles. The molecule has 2 rings (SSSR count). The van der Waals surface area contributed by atoms with Crippen molar-refractivity contribution in [1.29, 1.82) is 0 Å². The topological polar surface area (TPSA) is 47.5 Å². The van der Waals surface area contributed by atoms with E-state index >= 15 is 0 Å². The summed E-state index contributed by atoms with van der Waals surface area (Å²) in [6, 6.07) is 1.92. The first-order valence-corrected chi connectivity index (χ1v) is 6.78. The van der Waals surface area contributed by atoms with E-state index < -0.39 is 0 Å². The summed E-state index contributed by atoms with van der Waals surface area (Å²) < 4.78 is 10.7. The van der Waals surface area contributed by atoms with Crippen molar-refractivity contribution >= 4 is 17.7 Å². The van der Waals surface area contributed by atoms with Gasteiger partial charge in [0.25, 0.3) is 0 Å². The smallest absolute Gasteiger partial charge is 0.226 e. The van der Waals surface area contributed by atoms with Crippen LogP contribution in [-0.2, 0) is 9.47 Å². The molecule has 0 bridgehead atoms. The van der Waals surface area contributed by atoms with Crippen LogP contribution >= 0.6 is 11.8 Å². The van der Waals surface area contributed by atoms with Crippen molar-refractivity contribution in [3.63, 3.8) is 0 Å². The second-order valence-corrected chi connectivity index (χ2v) is 4.62. The molecule has 1 aliphatic rings. The van der Waals surface area contributed by atoms with Crippen LogP contribution in [0.1, 0.15) is 0 Å². The summed E-state index contributed by atoms with van der Waals surface area (Å²) in [5.74, 6) is 0.779. The molecule has 0 saturated carbocycles. The van der Waals surface area contributed by atoms with Gasteiger partial charge >= 0.3 is 0 Å². The summed E-state index contributed by atoms with van der Waals surface area (Å²) in [7, 11) is 1.69. The molecule has 0 spiro atoms. The Morgan fingerprint density at radius 2 is 2.53 bits per heavy atom. The predicted octanol–water partition coefficient (Wildman–Crippen LogP) is 1.05. The Kier molecular flexibility index (Phi) is 4.58. The molecule has 17 heavy (non-hydrogen) atoms. The molecule has 2 heterocycles. The monoisotopic (exact) mass is 255 g/mol. The summed E-state index contributed by atoms with van der Waals surface area (Å²) >= 11 is 1.62. The van der Waals surface area contributed by atoms with E-state index in [-0.39, 0.29) is 6.10 Å². The van der Waals surface area contributed by atoms with Crippen LogP contribution in [0.25, 0.3) is 0 Å². The molecule has 1 aromatic heterocycles. The summed E-state index contributed by atoms with van der Waals surface area (Å²) in [4.78, 5) is 10.9. The highest BCUT2D eigenvalue weighted by molar-refractivity contribution is 7.98. The van der Waals surface area contributed by atoms with E-state index in [9.17, 15) is 0 Å². The Bertz CT molecular complexity index is 362. The van der Waals surface area contributed by atoms with Gasteiger partial charge in [0.1, 0.15) is 5.03 Å². The maximum atomic E-state index is 5.60. The van der Waals surface area contributed by atoms with E-state index in [1.807, 2.05) is 12.3 Å². The highest BCUT2D eigenvalue weighted by Gasteiger charge is 2.22. The van der Waals surface area contributed by atoms with Gasteiger partial charge in [-0.25, -0.2) is 9.97 Å². The first-order valence-electron chi connectivity index (χ1n) is 5.56. The van der Waals surface area contributed by atoms with Crippen LogP contribution < -0.4 is 4.90 Å². The largest absolute Gasteiger partial charge is 0.382 e. The number of nitrogens with zero attached hydrogens (tertiary/aromatic N) is 3. The lowest BCUT2D eigenvalue weighted by atomic mass is 10.3. The van der Waals surface area contributed by atoms with Gasteiger partial charge in [-0.1, -0.05) is 0 Å². The lowest BCUT2D eigenvalue weighted by Gasteiger charge is -2.32. The van der Waals surface area contributed by atoms with Gasteiger partial charge in [-0.15, -0.1) is 11.8 Å². The third-order valence-corrected chi connectivity index (χ3v) is 3.25. The molecule has 1 fully saturated rings. The quantitative estimate of drug-likeness (QED) is 0.592. The first-order chi connectivity index (χ1) is 8.33. The van der Waals surface area contributed by atoms with Gasteiger partial charge in [-0.2, -0.15) is 0 Å². The molecule has 0 aliphatic carbocycles. The van der Waals surface area contributed by atoms with Crippen molar-refractivity contribution in [1.82, 2.24) is 9.97 Å². The number of anilines is 1. The van der Waals surface area contributed by atoms with E-state index in [0.717, 1.165) is 24.1 Å². The van der Waals surface area contributed by atoms with Gasteiger partial charge in [0.05, 0.1) is 19.3 Å². The highest BCUT2D eigenvalue weighted by atomic mass is 32.2. The zero-order valence-corrected chi connectivity index (χ0v) is 10.9. The van der Waals surface area contributed by atoms with E-state index in [2.05, 4.69) is 14.9 Å². The lowest BCUT2D eigenvalue weighted by molar-refractivity contribution is -0.0104. The number of thioether (sulfide) groups is 1. The van der Waals surface area contributed by atoms with Crippen LogP contribution in [0.4, 0.5) is 5.95 Å². The number of hydrogen-bond donors (Lipinski definition) is 0. The molecular formula is C11H17N3O2S. The average Bonchev–Trinajstić information content (AvgIpc) is 2.40. The number of morpholine rings is 1. The Balaban J connectivity index is 2.05. The number of ether oxygens (including phenoxy) is 2. The van der Waals surface area contributed by atoms with Gasteiger partial charge in [-0.05, 0) is 12.3 Å². The Labute approximate surface area is 106 Å². The molecule has 1 aromatic rings. The number of rotatable bonds is 4. The van der Waals surface area contributed by atoms with E-state index in [0.29, 0.717) is 13.2 Å². The lowest BCUT2D eigenvalue weighted by Crippen LogP contribution is -2.45. The molecule has 1 unspecified atom stereocenters. The molecule has 1 atom stereocenters. The molecule has 0 aromatic carbocycles. The molecule has 1 saturated heterocycles. The summed E-state index contributed by atoms with van der Waals surface area (Å²) in [5, 5.41) is 0.991. The van der Waals surface area contributed by atoms with Crippen molar-refractivity contribution in [3.8, 4) is 0 Å². The number of hydrogen-bond acceptors (Lipinski definition) is 6. The van der Waals surface area contributed by atoms with E-state index in [1.54, 1.807) is 25.1 Å². The zero-order valence-electron chi connectivity index (χ0n) is 10.1. The van der Waals surface area contributed by atoms with Gasteiger partial charge in [0, 0.05) is 26.4 Å². The van der Waals surface area contributed by atoms with Crippen molar-refractivity contribution < 1.29 is 9.47 Å². The second-order valence-electron chi connectivity index (χ2n) is 3.79. The molecule has 0 amide bonds. The molecule has 0 N–H and O–H groups in total. The van der Waals surface area contributed by atoms with Crippen LogP contribution in [0.15, 0.2) is 17.3 Å². The van der Waals surface area contributed by atoms with Gasteiger partial charge in [0.2, 0.25) is 5.95 Å². The van der Waals surface area contributed by atoms with E-state index in [4.69, 9.17) is 9.47 Å². The fourth-order valence-electron chi connectivity index (χ4n) is 1.79. The minimum absolute atomic E-state index is 0.107. The first kappa shape index (κ1) is 12.6. The standard InChI is InChI=1S/C11H17N3O2S/c1-15-8-9-7-14(5-6-16-9)11-12-4-3-10(13-11)17-2/h3-4,9H,5-8H2,1-2H3. The third-order valence-electron chi connectivity index (χ3n) is 2.60. The maximum absolute atomic E-state index is 5.60.